The van der Waals surface area contributed by atoms with E-state index >= 15 is 0 Å². The van der Waals surface area contributed by atoms with Crippen LogP contribution in [-0.2, 0) is 19.1 Å². The molecule has 3 N–H and O–H groups in total. The molecule has 2 heterocycles. The maximum atomic E-state index is 12.9. The number of nitrogens with one attached hydrogen (secondary N) is 3. The molecular formula is C24H36N4O5. The number of ether oxygens (including phenoxy) is 2. The topological polar surface area (TPSA) is 109 Å². The summed E-state index contributed by atoms with van der Waals surface area (Å²) in [5, 5.41) is 8.97. The smallest absolute Gasteiger partial charge is 0.252 e. The number of anilines is 1. The Morgan fingerprint density at radius 1 is 1.21 bits per heavy atom. The molecule has 2 fully saturated rings. The number of benzene rings is 1. The second-order valence-corrected chi connectivity index (χ2v) is 9.09. The number of ketones is 1. The third-order valence-electron chi connectivity index (χ3n) is 5.92. The fourth-order valence-corrected chi connectivity index (χ4v) is 4.01. The zero-order valence-corrected chi connectivity index (χ0v) is 19.8. The van der Waals surface area contributed by atoms with Crippen LogP contribution in [0.1, 0.15) is 37.6 Å². The van der Waals surface area contributed by atoms with E-state index in [1.165, 1.54) is 0 Å². The number of Topliss-reactive ketones (excluding diaryl/α,β-unsaturated/α-hetero) is 1. The Morgan fingerprint density at radius 3 is 2.64 bits per heavy atom. The van der Waals surface area contributed by atoms with Crippen molar-refractivity contribution in [3.63, 3.8) is 0 Å². The van der Waals surface area contributed by atoms with Gasteiger partial charge in [-0.2, -0.15) is 0 Å². The molecule has 33 heavy (non-hydrogen) atoms. The Hall–Kier alpha value is -2.49. The van der Waals surface area contributed by atoms with E-state index < -0.39 is 12.1 Å². The van der Waals surface area contributed by atoms with Crippen LogP contribution in [0.15, 0.2) is 24.3 Å². The van der Waals surface area contributed by atoms with E-state index in [2.05, 4.69) is 20.9 Å². The summed E-state index contributed by atoms with van der Waals surface area (Å²) in [6.07, 6.45) is 0.0858. The number of carbonyl (C=O) groups is 3. The van der Waals surface area contributed by atoms with E-state index in [1.807, 2.05) is 26.0 Å². The van der Waals surface area contributed by atoms with Crippen molar-refractivity contribution in [2.45, 2.75) is 45.4 Å². The highest BCUT2D eigenvalue weighted by molar-refractivity contribution is 5.99. The summed E-state index contributed by atoms with van der Waals surface area (Å²) in [5.74, 6) is -0.661. The summed E-state index contributed by atoms with van der Waals surface area (Å²) in [5.41, 5.74) is 1.32. The van der Waals surface area contributed by atoms with Crippen molar-refractivity contribution in [2.24, 2.45) is 5.92 Å². The third kappa shape index (κ3) is 7.52. The van der Waals surface area contributed by atoms with E-state index in [-0.39, 0.29) is 36.2 Å². The van der Waals surface area contributed by atoms with Gasteiger partial charge in [-0.25, -0.2) is 0 Å². The molecule has 2 saturated heterocycles. The summed E-state index contributed by atoms with van der Waals surface area (Å²) in [4.78, 5) is 40.2. The molecule has 182 valence electrons. The Bertz CT molecular complexity index is 825. The van der Waals surface area contributed by atoms with Gasteiger partial charge < -0.3 is 25.4 Å². The maximum Gasteiger partial charge on any atom is 0.252 e. The molecule has 3 rings (SSSR count). The van der Waals surface area contributed by atoms with Gasteiger partial charge in [-0.05, 0) is 37.5 Å². The lowest BCUT2D eigenvalue weighted by Gasteiger charge is -2.26. The van der Waals surface area contributed by atoms with Gasteiger partial charge in [0, 0.05) is 37.4 Å². The molecule has 2 amide bonds. The predicted molar refractivity (Wildman–Crippen MR) is 125 cm³/mol. The van der Waals surface area contributed by atoms with Crippen LogP contribution in [0.25, 0.3) is 0 Å². The maximum absolute atomic E-state index is 12.9. The van der Waals surface area contributed by atoms with E-state index in [0.717, 1.165) is 45.1 Å². The van der Waals surface area contributed by atoms with E-state index in [4.69, 9.17) is 9.47 Å². The highest BCUT2D eigenvalue weighted by Crippen LogP contribution is 2.14. The summed E-state index contributed by atoms with van der Waals surface area (Å²) < 4.78 is 10.7. The quantitative estimate of drug-likeness (QED) is 0.479. The molecule has 0 aromatic heterocycles. The van der Waals surface area contributed by atoms with Crippen molar-refractivity contribution >= 4 is 23.3 Å². The van der Waals surface area contributed by atoms with Crippen LogP contribution in [0.5, 0.6) is 0 Å². The molecule has 3 unspecified atom stereocenters. The normalized spacial score (nSPS) is 22.2. The molecule has 0 saturated carbocycles. The Balaban J connectivity index is 1.57. The molecule has 9 nitrogen and oxygen atoms in total. The second kappa shape index (κ2) is 12.1. The van der Waals surface area contributed by atoms with Crippen LogP contribution < -0.4 is 16.0 Å². The Morgan fingerprint density at radius 2 is 1.97 bits per heavy atom. The van der Waals surface area contributed by atoms with Crippen LogP contribution in [0.2, 0.25) is 0 Å². The van der Waals surface area contributed by atoms with Gasteiger partial charge in [0.25, 0.3) is 5.91 Å². The van der Waals surface area contributed by atoms with Gasteiger partial charge in [0.05, 0.1) is 19.3 Å². The van der Waals surface area contributed by atoms with Crippen molar-refractivity contribution in [1.29, 1.82) is 0 Å². The second-order valence-electron chi connectivity index (χ2n) is 9.09. The van der Waals surface area contributed by atoms with Crippen LogP contribution >= 0.6 is 0 Å². The largest absolute Gasteiger partial charge is 0.384 e. The van der Waals surface area contributed by atoms with Gasteiger partial charge in [-0.3, -0.25) is 19.3 Å². The monoisotopic (exact) mass is 460 g/mol. The van der Waals surface area contributed by atoms with Gasteiger partial charge in [-0.15, -0.1) is 0 Å². The van der Waals surface area contributed by atoms with Crippen molar-refractivity contribution < 1.29 is 23.9 Å². The summed E-state index contributed by atoms with van der Waals surface area (Å²) in [6, 6.07) is 5.83. The SMILES string of the molecule is CC(C)CC(NC(=O)c1cccc(NCCN2CCOCC2)c1)C(=O)NC1C(=O)COC1C. The van der Waals surface area contributed by atoms with Gasteiger partial charge in [-0.1, -0.05) is 19.9 Å². The molecule has 3 atom stereocenters. The molecule has 2 aliphatic heterocycles. The zero-order chi connectivity index (χ0) is 23.8. The van der Waals surface area contributed by atoms with Gasteiger partial charge in [0.15, 0.2) is 5.78 Å². The van der Waals surface area contributed by atoms with Crippen molar-refractivity contribution in [2.75, 3.05) is 51.3 Å². The minimum Gasteiger partial charge on any atom is -0.384 e. The van der Waals surface area contributed by atoms with Gasteiger partial charge in [0.1, 0.15) is 18.7 Å². The number of hydrogen-bond donors (Lipinski definition) is 3. The number of rotatable bonds is 10. The Labute approximate surface area is 195 Å². The van der Waals surface area contributed by atoms with E-state index in [0.29, 0.717) is 12.0 Å². The van der Waals surface area contributed by atoms with Crippen LogP contribution in [0.4, 0.5) is 5.69 Å². The number of nitrogens with zero attached hydrogens (tertiary/aromatic N) is 1. The standard InChI is InChI=1S/C24H36N4O5/c1-16(2)13-20(24(31)27-22-17(3)33-15-21(22)29)26-23(30)18-5-4-6-19(14-18)25-7-8-28-9-11-32-12-10-28/h4-6,14,16-17,20,22,25H,7-13,15H2,1-3H3,(H,26,30)(H,27,31). The zero-order valence-electron chi connectivity index (χ0n) is 19.8. The number of carbonyl (C=O) groups excluding carboxylic acids is 3. The molecule has 1 aromatic carbocycles. The summed E-state index contributed by atoms with van der Waals surface area (Å²) in [7, 11) is 0. The predicted octanol–water partition coefficient (Wildman–Crippen LogP) is 1.05. The van der Waals surface area contributed by atoms with Crippen molar-refractivity contribution in [1.82, 2.24) is 15.5 Å². The highest BCUT2D eigenvalue weighted by Gasteiger charge is 2.35. The third-order valence-corrected chi connectivity index (χ3v) is 5.92. The van der Waals surface area contributed by atoms with Gasteiger partial charge >= 0.3 is 0 Å². The average molecular weight is 461 g/mol. The number of morpholine rings is 1. The van der Waals surface area contributed by atoms with Crippen molar-refractivity contribution in [3.8, 4) is 0 Å². The minimum atomic E-state index is -0.740. The van der Waals surface area contributed by atoms with E-state index in [9.17, 15) is 14.4 Å². The fourth-order valence-electron chi connectivity index (χ4n) is 4.01. The molecule has 2 aliphatic rings. The first-order valence-electron chi connectivity index (χ1n) is 11.7. The molecule has 1 aromatic rings. The fraction of sp³-hybridized carbons (Fsp3) is 0.625. The molecule has 0 spiro atoms. The minimum absolute atomic E-state index is 0.00134. The molecule has 9 heteroatoms. The van der Waals surface area contributed by atoms with Crippen LogP contribution in [-0.4, -0.2) is 86.7 Å². The van der Waals surface area contributed by atoms with E-state index in [1.54, 1.807) is 19.1 Å². The first-order valence-corrected chi connectivity index (χ1v) is 11.7. The average Bonchev–Trinajstić information content (AvgIpc) is 3.11. The lowest BCUT2D eigenvalue weighted by Crippen LogP contribution is -2.53. The molecular weight excluding hydrogens is 424 g/mol. The number of amides is 2. The summed E-state index contributed by atoms with van der Waals surface area (Å²) >= 11 is 0. The van der Waals surface area contributed by atoms with Crippen LogP contribution in [0, 0.1) is 5.92 Å². The first-order chi connectivity index (χ1) is 15.8. The summed E-state index contributed by atoms with van der Waals surface area (Å²) in [6.45, 7) is 10.8. The highest BCUT2D eigenvalue weighted by atomic mass is 16.5. The molecule has 0 bridgehead atoms. The van der Waals surface area contributed by atoms with Crippen LogP contribution in [0.3, 0.4) is 0 Å². The van der Waals surface area contributed by atoms with Crippen molar-refractivity contribution in [3.05, 3.63) is 29.8 Å². The first kappa shape index (κ1) is 25.1. The number of hydrogen-bond acceptors (Lipinski definition) is 7. The lowest BCUT2D eigenvalue weighted by molar-refractivity contribution is -0.127. The molecule has 0 radical (unpaired) electrons. The molecule has 0 aliphatic carbocycles. The van der Waals surface area contributed by atoms with Gasteiger partial charge in [0.2, 0.25) is 5.91 Å². The Kier molecular flexibility index (Phi) is 9.22. The lowest BCUT2D eigenvalue weighted by atomic mass is 10.0.